The van der Waals surface area contributed by atoms with Gasteiger partial charge in [-0.2, -0.15) is 0 Å². The first-order valence-corrected chi connectivity index (χ1v) is 10.2. The second kappa shape index (κ2) is 5.93. The van der Waals surface area contributed by atoms with Crippen LogP contribution in [0.25, 0.3) is 0 Å². The largest absolute Gasteiger partial charge is 0.280 e. The van der Waals surface area contributed by atoms with Crippen LogP contribution >= 0.6 is 22.6 Å². The molecule has 0 amide bonds. The molecule has 0 aromatic heterocycles. The summed E-state index contributed by atoms with van der Waals surface area (Å²) in [7, 11) is -7.28. The molecule has 1 N–H and O–H groups in total. The van der Waals surface area contributed by atoms with E-state index in [4.69, 9.17) is 0 Å². The van der Waals surface area contributed by atoms with Crippen molar-refractivity contribution in [3.8, 4) is 0 Å². The summed E-state index contributed by atoms with van der Waals surface area (Å²) in [6.45, 7) is 0. The van der Waals surface area contributed by atoms with Crippen molar-refractivity contribution in [3.05, 3.63) is 52.1 Å². The van der Waals surface area contributed by atoms with Crippen LogP contribution in [0.3, 0.4) is 0 Å². The van der Waals surface area contributed by atoms with Gasteiger partial charge in [-0.1, -0.05) is 6.07 Å². The van der Waals surface area contributed by atoms with Crippen molar-refractivity contribution in [2.24, 2.45) is 0 Å². The third kappa shape index (κ3) is 4.17. The molecule has 0 aliphatic carbocycles. The zero-order valence-electron chi connectivity index (χ0n) is 10.9. The molecule has 0 heterocycles. The maximum atomic E-state index is 12.3. The average Bonchev–Trinajstić information content (AvgIpc) is 2.40. The Morgan fingerprint density at radius 3 is 2.05 bits per heavy atom. The molecule has 21 heavy (non-hydrogen) atoms. The van der Waals surface area contributed by atoms with E-state index < -0.39 is 19.9 Å². The van der Waals surface area contributed by atoms with Gasteiger partial charge in [0.1, 0.15) is 0 Å². The van der Waals surface area contributed by atoms with Crippen LogP contribution in [0.15, 0.2) is 58.3 Å². The molecule has 0 saturated carbocycles. The number of sulfonamides is 1. The molecule has 0 fully saturated rings. The minimum atomic E-state index is -3.83. The van der Waals surface area contributed by atoms with Crippen molar-refractivity contribution in [2.45, 2.75) is 9.79 Å². The number of hydrogen-bond donors (Lipinski definition) is 1. The molecular weight excluding hydrogens is 425 g/mol. The maximum Gasteiger partial charge on any atom is 0.261 e. The van der Waals surface area contributed by atoms with Gasteiger partial charge in [0.2, 0.25) is 0 Å². The van der Waals surface area contributed by atoms with Crippen LogP contribution in [0.5, 0.6) is 0 Å². The number of nitrogens with one attached hydrogen (secondary N) is 1. The number of benzene rings is 2. The third-order valence-corrected chi connectivity index (χ3v) is 5.85. The van der Waals surface area contributed by atoms with Gasteiger partial charge in [-0.05, 0) is 65.1 Å². The summed E-state index contributed by atoms with van der Waals surface area (Å²) in [4.78, 5) is -0.128. The molecular formula is C13H12INO4S2. The van der Waals surface area contributed by atoms with Gasteiger partial charge in [-0.25, -0.2) is 16.8 Å². The van der Waals surface area contributed by atoms with Crippen LogP contribution < -0.4 is 4.72 Å². The highest BCUT2D eigenvalue weighted by atomic mass is 127. The lowest BCUT2D eigenvalue weighted by Gasteiger charge is -2.09. The molecule has 0 saturated heterocycles. The molecule has 0 aliphatic heterocycles. The highest BCUT2D eigenvalue weighted by molar-refractivity contribution is 14.1. The molecule has 2 rings (SSSR count). The molecule has 0 unspecified atom stereocenters. The fraction of sp³-hybridized carbons (Fsp3) is 0.0769. The second-order valence-corrected chi connectivity index (χ2v) is 9.30. The van der Waals surface area contributed by atoms with Crippen LogP contribution in [0.2, 0.25) is 0 Å². The molecule has 0 spiro atoms. The number of halogens is 1. The highest BCUT2D eigenvalue weighted by Crippen LogP contribution is 2.20. The zero-order valence-corrected chi connectivity index (χ0v) is 14.7. The molecule has 0 aliphatic rings. The van der Waals surface area contributed by atoms with E-state index in [1.807, 2.05) is 0 Å². The van der Waals surface area contributed by atoms with Gasteiger partial charge in [0, 0.05) is 15.5 Å². The van der Waals surface area contributed by atoms with E-state index >= 15 is 0 Å². The fourth-order valence-corrected chi connectivity index (χ4v) is 3.81. The Morgan fingerprint density at radius 1 is 0.905 bits per heavy atom. The van der Waals surface area contributed by atoms with Crippen molar-refractivity contribution in [1.82, 2.24) is 0 Å². The maximum absolute atomic E-state index is 12.3. The molecule has 0 atom stereocenters. The summed E-state index contributed by atoms with van der Waals surface area (Å²) in [5.74, 6) is 0. The number of sulfone groups is 1. The lowest BCUT2D eigenvalue weighted by Crippen LogP contribution is -2.13. The van der Waals surface area contributed by atoms with Gasteiger partial charge >= 0.3 is 0 Å². The van der Waals surface area contributed by atoms with Gasteiger partial charge in [0.05, 0.1) is 9.79 Å². The smallest absolute Gasteiger partial charge is 0.261 e. The molecule has 5 nitrogen and oxygen atoms in total. The lowest BCUT2D eigenvalue weighted by molar-refractivity contribution is 0.599. The number of anilines is 1. The van der Waals surface area contributed by atoms with Crippen LogP contribution in [-0.4, -0.2) is 23.1 Å². The van der Waals surface area contributed by atoms with Crippen molar-refractivity contribution in [3.63, 3.8) is 0 Å². The van der Waals surface area contributed by atoms with E-state index in [2.05, 4.69) is 27.3 Å². The summed E-state index contributed by atoms with van der Waals surface area (Å²) in [6, 6.07) is 12.1. The Bertz CT molecular complexity index is 859. The molecule has 2 aromatic carbocycles. The quantitative estimate of drug-likeness (QED) is 0.746. The van der Waals surface area contributed by atoms with Crippen LogP contribution in [0.4, 0.5) is 5.69 Å². The lowest BCUT2D eigenvalue weighted by atomic mass is 10.3. The summed E-state index contributed by atoms with van der Waals surface area (Å²) in [5.41, 5.74) is 0.417. The van der Waals surface area contributed by atoms with Crippen molar-refractivity contribution < 1.29 is 16.8 Å². The van der Waals surface area contributed by atoms with Crippen molar-refractivity contribution >= 4 is 48.1 Å². The standard InChI is InChI=1S/C13H12INO4S2/c1-20(16,17)12-3-2-4-13(9-12)21(18,19)15-11-7-5-10(14)6-8-11/h2-9,15H,1H3. The van der Waals surface area contributed by atoms with Gasteiger partial charge < -0.3 is 0 Å². The summed E-state index contributed by atoms with van der Waals surface area (Å²) >= 11 is 2.11. The van der Waals surface area contributed by atoms with E-state index in [9.17, 15) is 16.8 Å². The van der Waals surface area contributed by atoms with Crippen molar-refractivity contribution in [1.29, 1.82) is 0 Å². The Balaban J connectivity index is 2.38. The first kappa shape index (κ1) is 16.2. The Hall–Kier alpha value is -1.13. The Morgan fingerprint density at radius 2 is 1.48 bits per heavy atom. The summed E-state index contributed by atoms with van der Waals surface area (Å²) in [5, 5.41) is 0. The highest BCUT2D eigenvalue weighted by Gasteiger charge is 2.17. The number of rotatable bonds is 4. The molecule has 0 bridgehead atoms. The topological polar surface area (TPSA) is 80.3 Å². The molecule has 2 aromatic rings. The van der Waals surface area contributed by atoms with E-state index in [1.54, 1.807) is 24.3 Å². The molecule has 112 valence electrons. The van der Waals surface area contributed by atoms with Crippen LogP contribution in [0, 0.1) is 3.57 Å². The Labute approximate surface area is 137 Å². The SMILES string of the molecule is CS(=O)(=O)c1cccc(S(=O)(=O)Nc2ccc(I)cc2)c1. The van der Waals surface area contributed by atoms with E-state index in [0.29, 0.717) is 5.69 Å². The van der Waals surface area contributed by atoms with E-state index in [0.717, 1.165) is 15.9 Å². The number of hydrogen-bond acceptors (Lipinski definition) is 4. The molecule has 8 heteroatoms. The third-order valence-electron chi connectivity index (χ3n) is 2.64. The summed E-state index contributed by atoms with van der Waals surface area (Å²) < 4.78 is 50.9. The van der Waals surface area contributed by atoms with Gasteiger partial charge in [0.25, 0.3) is 10.0 Å². The minimum Gasteiger partial charge on any atom is -0.280 e. The fourth-order valence-electron chi connectivity index (χ4n) is 1.60. The summed E-state index contributed by atoms with van der Waals surface area (Å²) in [6.07, 6.45) is 1.03. The predicted molar refractivity (Wildman–Crippen MR) is 89.5 cm³/mol. The van der Waals surface area contributed by atoms with Gasteiger partial charge in [-0.3, -0.25) is 4.72 Å². The van der Waals surface area contributed by atoms with Gasteiger partial charge in [-0.15, -0.1) is 0 Å². The normalized spacial score (nSPS) is 12.1. The van der Waals surface area contributed by atoms with E-state index in [1.165, 1.54) is 18.2 Å². The second-order valence-electron chi connectivity index (χ2n) is 4.36. The van der Waals surface area contributed by atoms with Crippen LogP contribution in [-0.2, 0) is 19.9 Å². The Kier molecular flexibility index (Phi) is 4.59. The van der Waals surface area contributed by atoms with Crippen molar-refractivity contribution in [2.75, 3.05) is 11.0 Å². The van der Waals surface area contributed by atoms with Gasteiger partial charge in [0.15, 0.2) is 9.84 Å². The zero-order chi connectivity index (χ0) is 15.7. The monoisotopic (exact) mass is 437 g/mol. The van der Waals surface area contributed by atoms with E-state index in [-0.39, 0.29) is 9.79 Å². The predicted octanol–water partition coefficient (Wildman–Crippen LogP) is 2.50. The molecule has 0 radical (unpaired) electrons. The first-order chi connectivity index (χ1) is 9.68. The minimum absolute atomic E-state index is 0.0343. The average molecular weight is 437 g/mol. The van der Waals surface area contributed by atoms with Crippen LogP contribution in [0.1, 0.15) is 0 Å². The first-order valence-electron chi connectivity index (χ1n) is 5.77.